The van der Waals surface area contributed by atoms with E-state index in [1.54, 1.807) is 24.7 Å². The molecule has 0 fully saturated rings. The molecule has 1 aromatic carbocycles. The molecule has 0 radical (unpaired) electrons. The monoisotopic (exact) mass is 464 g/mol. The predicted octanol–water partition coefficient (Wildman–Crippen LogP) is 5.56. The van der Waals surface area contributed by atoms with Gasteiger partial charge in [0.25, 0.3) is 0 Å². The van der Waals surface area contributed by atoms with Crippen LogP contribution in [0.3, 0.4) is 0 Å². The molecule has 34 heavy (non-hydrogen) atoms. The number of alkyl halides is 3. The van der Waals surface area contributed by atoms with E-state index in [4.69, 9.17) is 5.73 Å². The summed E-state index contributed by atoms with van der Waals surface area (Å²) in [6, 6.07) is 14.0. The number of halogens is 3. The number of nitrogens with zero attached hydrogens (tertiary/aromatic N) is 5. The molecule has 4 rings (SSSR count). The fourth-order valence-corrected chi connectivity index (χ4v) is 3.76. The number of nitrogen functional groups attached to an aromatic ring is 1. The third-order valence-corrected chi connectivity index (χ3v) is 6.19. The number of nitrogens with two attached hydrogens (primary N) is 1. The Balaban J connectivity index is 1.63. The normalized spacial score (nSPS) is 13.6. The van der Waals surface area contributed by atoms with Crippen LogP contribution >= 0.6 is 0 Å². The molecule has 1 unspecified atom stereocenters. The standard InChI is InChI=1S/C25H23F3N6/c1-15(2)24(3,19-7-4-16(5-8-19)18-13-31-23(29)32-14-18)21-10-6-17(12-30-21)20-9-11-22(34-33-20)25(26,27)28/h4-15H,1-3H3,(H2,29,31,32). The molecular formula is C25H23F3N6. The summed E-state index contributed by atoms with van der Waals surface area (Å²) in [5.41, 5.74) is 8.83. The van der Waals surface area contributed by atoms with Gasteiger partial charge >= 0.3 is 6.18 Å². The molecule has 2 N–H and O–H groups in total. The van der Waals surface area contributed by atoms with Crippen molar-refractivity contribution in [3.8, 4) is 22.4 Å². The fraction of sp³-hybridized carbons (Fsp3) is 0.240. The van der Waals surface area contributed by atoms with Crippen LogP contribution in [-0.4, -0.2) is 25.1 Å². The Bertz CT molecular complexity index is 1250. The van der Waals surface area contributed by atoms with Gasteiger partial charge in [0.1, 0.15) is 0 Å². The summed E-state index contributed by atoms with van der Waals surface area (Å²) in [6.07, 6.45) is 0.462. The van der Waals surface area contributed by atoms with Gasteiger partial charge in [-0.15, -0.1) is 10.2 Å². The van der Waals surface area contributed by atoms with Crippen molar-refractivity contribution in [3.63, 3.8) is 0 Å². The number of benzene rings is 1. The van der Waals surface area contributed by atoms with Crippen molar-refractivity contribution in [2.75, 3.05) is 5.73 Å². The van der Waals surface area contributed by atoms with E-state index in [1.807, 2.05) is 18.2 Å². The van der Waals surface area contributed by atoms with Crippen LogP contribution in [0.25, 0.3) is 22.4 Å². The van der Waals surface area contributed by atoms with Gasteiger partial charge in [-0.05, 0) is 48.2 Å². The molecule has 0 aliphatic rings. The number of hydrogen-bond acceptors (Lipinski definition) is 6. The lowest BCUT2D eigenvalue weighted by Crippen LogP contribution is -2.31. The van der Waals surface area contributed by atoms with E-state index >= 15 is 0 Å². The van der Waals surface area contributed by atoms with Crippen LogP contribution in [0.1, 0.15) is 37.7 Å². The summed E-state index contributed by atoms with van der Waals surface area (Å²) in [4.78, 5) is 12.8. The quantitative estimate of drug-likeness (QED) is 0.416. The van der Waals surface area contributed by atoms with Gasteiger partial charge in [-0.1, -0.05) is 38.1 Å². The first-order valence-corrected chi connectivity index (χ1v) is 10.7. The lowest BCUT2D eigenvalue weighted by molar-refractivity contribution is -0.141. The highest BCUT2D eigenvalue weighted by atomic mass is 19.4. The Morgan fingerprint density at radius 3 is 1.79 bits per heavy atom. The summed E-state index contributed by atoms with van der Waals surface area (Å²) in [5, 5.41) is 7.01. The van der Waals surface area contributed by atoms with Gasteiger partial charge in [-0.3, -0.25) is 4.98 Å². The number of hydrogen-bond donors (Lipinski definition) is 1. The lowest BCUT2D eigenvalue weighted by atomic mass is 9.70. The first kappa shape index (κ1) is 23.3. The van der Waals surface area contributed by atoms with Crippen LogP contribution in [0.4, 0.5) is 19.1 Å². The van der Waals surface area contributed by atoms with Gasteiger partial charge in [0, 0.05) is 35.1 Å². The predicted molar refractivity (Wildman–Crippen MR) is 123 cm³/mol. The Kier molecular flexibility index (Phi) is 6.03. The van der Waals surface area contributed by atoms with Crippen molar-refractivity contribution < 1.29 is 13.2 Å². The van der Waals surface area contributed by atoms with Crippen molar-refractivity contribution in [1.29, 1.82) is 0 Å². The minimum atomic E-state index is -4.52. The molecule has 9 heteroatoms. The molecule has 0 aliphatic carbocycles. The number of pyridine rings is 1. The van der Waals surface area contributed by atoms with Crippen molar-refractivity contribution in [1.82, 2.24) is 25.1 Å². The summed E-state index contributed by atoms with van der Waals surface area (Å²) in [7, 11) is 0. The minimum absolute atomic E-state index is 0.211. The summed E-state index contributed by atoms with van der Waals surface area (Å²) in [5.74, 6) is 0.437. The van der Waals surface area contributed by atoms with E-state index in [9.17, 15) is 13.2 Å². The van der Waals surface area contributed by atoms with Crippen molar-refractivity contribution in [2.24, 2.45) is 5.92 Å². The fourth-order valence-electron chi connectivity index (χ4n) is 3.76. The van der Waals surface area contributed by atoms with E-state index < -0.39 is 17.3 Å². The Hall–Kier alpha value is -3.88. The maximum atomic E-state index is 12.8. The van der Waals surface area contributed by atoms with Crippen LogP contribution < -0.4 is 5.73 Å². The van der Waals surface area contributed by atoms with Gasteiger partial charge in [-0.2, -0.15) is 13.2 Å². The highest BCUT2D eigenvalue weighted by Gasteiger charge is 2.34. The molecular weight excluding hydrogens is 441 g/mol. The van der Waals surface area contributed by atoms with E-state index in [2.05, 4.69) is 58.1 Å². The summed E-state index contributed by atoms with van der Waals surface area (Å²) < 4.78 is 38.3. The van der Waals surface area contributed by atoms with Crippen LogP contribution in [-0.2, 0) is 11.6 Å². The van der Waals surface area contributed by atoms with Crippen LogP contribution in [0.15, 0.2) is 67.1 Å². The third-order valence-electron chi connectivity index (χ3n) is 6.19. The van der Waals surface area contributed by atoms with E-state index in [0.717, 1.165) is 28.5 Å². The van der Waals surface area contributed by atoms with E-state index in [1.165, 1.54) is 6.07 Å². The molecule has 0 bridgehead atoms. The van der Waals surface area contributed by atoms with Gasteiger partial charge < -0.3 is 5.73 Å². The molecule has 3 aromatic heterocycles. The largest absolute Gasteiger partial charge is 0.435 e. The molecule has 0 saturated carbocycles. The van der Waals surface area contributed by atoms with Gasteiger partial charge in [-0.25, -0.2) is 9.97 Å². The molecule has 3 heterocycles. The van der Waals surface area contributed by atoms with Crippen molar-refractivity contribution in [3.05, 3.63) is 84.1 Å². The molecule has 1 atom stereocenters. The third kappa shape index (κ3) is 4.46. The maximum absolute atomic E-state index is 12.8. The SMILES string of the molecule is CC(C)C(C)(c1ccc(-c2cnc(N)nc2)cc1)c1ccc(-c2ccc(C(F)(F)F)nn2)cn1. The number of aromatic nitrogens is 5. The molecule has 0 spiro atoms. The van der Waals surface area contributed by atoms with E-state index in [0.29, 0.717) is 11.3 Å². The van der Waals surface area contributed by atoms with Gasteiger partial charge in [0.05, 0.1) is 11.4 Å². The number of anilines is 1. The topological polar surface area (TPSA) is 90.5 Å². The Labute approximate surface area is 195 Å². The van der Waals surface area contributed by atoms with Crippen LogP contribution in [0.2, 0.25) is 0 Å². The van der Waals surface area contributed by atoms with E-state index in [-0.39, 0.29) is 11.9 Å². The maximum Gasteiger partial charge on any atom is 0.435 e. The highest BCUT2D eigenvalue weighted by molar-refractivity contribution is 5.63. The molecule has 6 nitrogen and oxygen atoms in total. The number of rotatable bonds is 5. The molecule has 0 aliphatic heterocycles. The second-order valence-electron chi connectivity index (χ2n) is 8.50. The van der Waals surface area contributed by atoms with Crippen molar-refractivity contribution in [2.45, 2.75) is 32.4 Å². The zero-order chi connectivity index (χ0) is 24.5. The van der Waals surface area contributed by atoms with Crippen LogP contribution in [0, 0.1) is 5.92 Å². The molecule has 4 aromatic rings. The second kappa shape index (κ2) is 8.81. The molecule has 0 amide bonds. The first-order chi connectivity index (χ1) is 16.1. The lowest BCUT2D eigenvalue weighted by Gasteiger charge is -2.34. The van der Waals surface area contributed by atoms with Crippen molar-refractivity contribution >= 4 is 5.95 Å². The Morgan fingerprint density at radius 1 is 0.706 bits per heavy atom. The average molecular weight is 464 g/mol. The van der Waals surface area contributed by atoms with Gasteiger partial charge in [0.2, 0.25) is 5.95 Å². The zero-order valence-corrected chi connectivity index (χ0v) is 18.9. The average Bonchev–Trinajstić information content (AvgIpc) is 2.84. The second-order valence-corrected chi connectivity index (χ2v) is 8.50. The first-order valence-electron chi connectivity index (χ1n) is 10.7. The minimum Gasteiger partial charge on any atom is -0.368 e. The Morgan fingerprint density at radius 2 is 1.29 bits per heavy atom. The molecule has 174 valence electrons. The summed E-state index contributed by atoms with van der Waals surface area (Å²) in [6.45, 7) is 6.37. The molecule has 0 saturated heterocycles. The van der Waals surface area contributed by atoms with Crippen LogP contribution in [0.5, 0.6) is 0 Å². The highest BCUT2D eigenvalue weighted by Crippen LogP contribution is 2.39. The smallest absolute Gasteiger partial charge is 0.368 e. The zero-order valence-electron chi connectivity index (χ0n) is 18.9. The van der Waals surface area contributed by atoms with Gasteiger partial charge in [0.15, 0.2) is 5.69 Å². The summed E-state index contributed by atoms with van der Waals surface area (Å²) >= 11 is 0.